The quantitative estimate of drug-likeness (QED) is 0.182. The Balaban J connectivity index is 1.22. The van der Waals surface area contributed by atoms with Crippen molar-refractivity contribution in [2.75, 3.05) is 19.7 Å². The molecule has 1 saturated heterocycles. The van der Waals surface area contributed by atoms with E-state index in [2.05, 4.69) is 34.5 Å². The molecule has 0 radical (unpaired) electrons. The fraction of sp³-hybridized carbons (Fsp3) is 0.351. The molecular formula is C37H42N2O5S. The van der Waals surface area contributed by atoms with Gasteiger partial charge in [0.25, 0.3) is 0 Å². The standard InChI is InChI=1S/C37H42N2O5S/c1-36(2,3)44-35(41)38-24-32-18-19-33(45-32)29-14-16-31(17-15-29)37(42,30-12-8-5-9-13-30)34(40)43-26-28-20-22-39(23-21-28)25-27-10-6-4-7-11-27/h4-19,28,42H,20-26H2,1-3H3,(H,38,41)/t37-/m0/s1. The summed E-state index contributed by atoms with van der Waals surface area (Å²) in [5, 5.41) is 14.8. The molecule has 0 saturated carbocycles. The Bertz CT molecular complexity index is 1540. The van der Waals surface area contributed by atoms with Crippen molar-refractivity contribution in [3.05, 3.63) is 119 Å². The largest absolute Gasteiger partial charge is 0.463 e. The van der Waals surface area contributed by atoms with Crippen LogP contribution in [-0.2, 0) is 33.0 Å². The third kappa shape index (κ3) is 8.60. The molecule has 1 aromatic heterocycles. The molecule has 3 aromatic carbocycles. The van der Waals surface area contributed by atoms with Gasteiger partial charge < -0.3 is 19.9 Å². The van der Waals surface area contributed by atoms with Crippen LogP contribution in [0.4, 0.5) is 4.79 Å². The van der Waals surface area contributed by atoms with Crippen molar-refractivity contribution in [3.63, 3.8) is 0 Å². The average Bonchev–Trinajstić information content (AvgIpc) is 3.52. The van der Waals surface area contributed by atoms with E-state index in [1.165, 1.54) is 5.56 Å². The van der Waals surface area contributed by atoms with Crippen molar-refractivity contribution in [1.29, 1.82) is 0 Å². The highest BCUT2D eigenvalue weighted by atomic mass is 32.1. The van der Waals surface area contributed by atoms with E-state index in [1.807, 2.05) is 69.3 Å². The Hall–Kier alpha value is -3.98. The van der Waals surface area contributed by atoms with Gasteiger partial charge in [0.2, 0.25) is 5.60 Å². The number of nitrogens with one attached hydrogen (secondary N) is 1. The molecule has 2 heterocycles. The lowest BCUT2D eigenvalue weighted by Gasteiger charge is -2.33. The fourth-order valence-corrected chi connectivity index (χ4v) is 6.46. The summed E-state index contributed by atoms with van der Waals surface area (Å²) in [6, 6.07) is 30.8. The van der Waals surface area contributed by atoms with Gasteiger partial charge in [-0.05, 0) is 87.0 Å². The summed E-state index contributed by atoms with van der Waals surface area (Å²) in [6.07, 6.45) is 1.42. The summed E-state index contributed by atoms with van der Waals surface area (Å²) in [4.78, 5) is 30.1. The van der Waals surface area contributed by atoms with Crippen molar-refractivity contribution in [2.24, 2.45) is 5.92 Å². The molecule has 0 unspecified atom stereocenters. The van der Waals surface area contributed by atoms with E-state index in [4.69, 9.17) is 9.47 Å². The summed E-state index contributed by atoms with van der Waals surface area (Å²) in [7, 11) is 0. The highest BCUT2D eigenvalue weighted by Gasteiger charge is 2.42. The normalized spacial score (nSPS) is 15.6. The van der Waals surface area contributed by atoms with Crippen LogP contribution in [0.25, 0.3) is 10.4 Å². The molecular weight excluding hydrogens is 584 g/mol. The SMILES string of the molecule is CC(C)(C)OC(=O)NCc1ccc(-c2ccc([C@](O)(C(=O)OCC3CCN(Cc4ccccc4)CC3)c3ccccc3)cc2)s1. The first-order valence-corrected chi connectivity index (χ1v) is 16.3. The van der Waals surface area contributed by atoms with E-state index in [-0.39, 0.29) is 12.5 Å². The lowest BCUT2D eigenvalue weighted by molar-refractivity contribution is -0.164. The van der Waals surface area contributed by atoms with Crippen LogP contribution in [0.3, 0.4) is 0 Å². The average molecular weight is 627 g/mol. The number of piperidine rings is 1. The smallest absolute Gasteiger partial charge is 0.407 e. The molecule has 1 aliphatic rings. The number of alkyl carbamates (subject to hydrolysis) is 1. The van der Waals surface area contributed by atoms with E-state index in [9.17, 15) is 14.7 Å². The monoisotopic (exact) mass is 626 g/mol. The first kappa shape index (κ1) is 32.4. The minimum Gasteiger partial charge on any atom is -0.463 e. The van der Waals surface area contributed by atoms with Gasteiger partial charge in [-0.3, -0.25) is 4.90 Å². The van der Waals surface area contributed by atoms with Crippen molar-refractivity contribution in [2.45, 2.75) is 57.9 Å². The van der Waals surface area contributed by atoms with Crippen LogP contribution in [0, 0.1) is 5.92 Å². The molecule has 1 fully saturated rings. The van der Waals surface area contributed by atoms with Crippen LogP contribution in [-0.4, -0.2) is 47.4 Å². The zero-order valence-corrected chi connectivity index (χ0v) is 27.0. The summed E-state index contributed by atoms with van der Waals surface area (Å²) < 4.78 is 11.2. The second kappa shape index (κ2) is 14.4. The van der Waals surface area contributed by atoms with Crippen LogP contribution < -0.4 is 5.32 Å². The third-order valence-corrected chi connectivity index (χ3v) is 9.08. The number of esters is 1. The number of carbonyl (C=O) groups is 2. The number of aliphatic hydroxyl groups is 1. The van der Waals surface area contributed by atoms with Crippen LogP contribution >= 0.6 is 11.3 Å². The van der Waals surface area contributed by atoms with Crippen molar-refractivity contribution in [1.82, 2.24) is 10.2 Å². The van der Waals surface area contributed by atoms with Crippen molar-refractivity contribution >= 4 is 23.4 Å². The Labute approximate surface area is 269 Å². The third-order valence-electron chi connectivity index (χ3n) is 7.95. The number of hydrogen-bond donors (Lipinski definition) is 2. The van der Waals surface area contributed by atoms with Crippen molar-refractivity contribution < 1.29 is 24.2 Å². The summed E-state index contributed by atoms with van der Waals surface area (Å²) in [5.41, 5.74) is 0.664. The number of rotatable bonds is 10. The van der Waals surface area contributed by atoms with Gasteiger partial charge in [-0.1, -0.05) is 84.9 Å². The molecule has 7 nitrogen and oxygen atoms in total. The molecule has 1 aliphatic heterocycles. The molecule has 4 aromatic rings. The molecule has 0 aliphatic carbocycles. The first-order valence-electron chi connectivity index (χ1n) is 15.5. The van der Waals surface area contributed by atoms with Gasteiger partial charge in [0, 0.05) is 16.3 Å². The zero-order chi connectivity index (χ0) is 31.9. The minimum atomic E-state index is -1.94. The molecule has 45 heavy (non-hydrogen) atoms. The highest BCUT2D eigenvalue weighted by Crippen LogP contribution is 2.35. The fourth-order valence-electron chi connectivity index (χ4n) is 5.51. The lowest BCUT2D eigenvalue weighted by Crippen LogP contribution is -2.40. The van der Waals surface area contributed by atoms with Gasteiger partial charge in [0.05, 0.1) is 13.2 Å². The Morgan fingerprint density at radius 2 is 1.49 bits per heavy atom. The van der Waals surface area contributed by atoms with Gasteiger partial charge in [-0.15, -0.1) is 11.3 Å². The van der Waals surface area contributed by atoms with Crippen molar-refractivity contribution in [3.8, 4) is 10.4 Å². The van der Waals surface area contributed by atoms with E-state index in [0.29, 0.717) is 17.7 Å². The first-order chi connectivity index (χ1) is 21.6. The van der Waals surface area contributed by atoms with Gasteiger partial charge >= 0.3 is 12.1 Å². The summed E-state index contributed by atoms with van der Waals surface area (Å²) >= 11 is 1.56. The minimum absolute atomic E-state index is 0.251. The van der Waals surface area contributed by atoms with Gasteiger partial charge in [0.1, 0.15) is 5.60 Å². The maximum absolute atomic E-state index is 13.7. The van der Waals surface area contributed by atoms with E-state index in [0.717, 1.165) is 47.8 Å². The molecule has 8 heteroatoms. The Kier molecular flexibility index (Phi) is 10.4. The number of likely N-dealkylation sites (tertiary alicyclic amines) is 1. The molecule has 1 amide bonds. The molecule has 0 bridgehead atoms. The molecule has 2 N–H and O–H groups in total. The Morgan fingerprint density at radius 3 is 2.13 bits per heavy atom. The van der Waals surface area contributed by atoms with E-state index < -0.39 is 23.3 Å². The second-order valence-corrected chi connectivity index (χ2v) is 13.7. The maximum Gasteiger partial charge on any atom is 0.407 e. The predicted octanol–water partition coefficient (Wildman–Crippen LogP) is 7.13. The van der Waals surface area contributed by atoms with Gasteiger partial charge in [0.15, 0.2) is 0 Å². The van der Waals surface area contributed by atoms with Crippen LogP contribution in [0.5, 0.6) is 0 Å². The Morgan fingerprint density at radius 1 is 0.867 bits per heavy atom. The van der Waals surface area contributed by atoms with E-state index in [1.54, 1.807) is 35.6 Å². The summed E-state index contributed by atoms with van der Waals surface area (Å²) in [6.45, 7) is 8.95. The van der Waals surface area contributed by atoms with Crippen LogP contribution in [0.15, 0.2) is 97.1 Å². The number of ether oxygens (including phenoxy) is 2. The number of thiophene rings is 1. The highest BCUT2D eigenvalue weighted by molar-refractivity contribution is 7.15. The van der Waals surface area contributed by atoms with Crippen LogP contribution in [0.2, 0.25) is 0 Å². The summed E-state index contributed by atoms with van der Waals surface area (Å²) in [5.74, 6) is -0.416. The molecule has 1 atom stereocenters. The van der Waals surface area contributed by atoms with Gasteiger partial charge in [-0.25, -0.2) is 9.59 Å². The number of amides is 1. The zero-order valence-electron chi connectivity index (χ0n) is 26.2. The maximum atomic E-state index is 13.7. The van der Waals surface area contributed by atoms with E-state index >= 15 is 0 Å². The second-order valence-electron chi connectivity index (χ2n) is 12.6. The molecule has 0 spiro atoms. The number of hydrogen-bond acceptors (Lipinski definition) is 7. The topological polar surface area (TPSA) is 88.1 Å². The molecule has 236 valence electrons. The molecule has 5 rings (SSSR count). The van der Waals surface area contributed by atoms with Gasteiger partial charge in [-0.2, -0.15) is 0 Å². The lowest BCUT2D eigenvalue weighted by atomic mass is 9.85. The number of carbonyl (C=O) groups excluding carboxylic acids is 2. The predicted molar refractivity (Wildman–Crippen MR) is 178 cm³/mol. The number of nitrogens with zero attached hydrogens (tertiary/aromatic N) is 1. The number of benzene rings is 3. The van der Waals surface area contributed by atoms with Crippen LogP contribution in [0.1, 0.15) is 55.2 Å².